The normalized spacial score (nSPS) is 14.0. The van der Waals surface area contributed by atoms with Gasteiger partial charge in [-0.15, -0.1) is 11.8 Å². The molecule has 0 atom stereocenters. The van der Waals surface area contributed by atoms with E-state index in [0.29, 0.717) is 22.8 Å². The van der Waals surface area contributed by atoms with Crippen molar-refractivity contribution in [1.82, 2.24) is 0 Å². The van der Waals surface area contributed by atoms with E-state index in [1.807, 2.05) is 6.07 Å². The van der Waals surface area contributed by atoms with Gasteiger partial charge < -0.3 is 0 Å². The van der Waals surface area contributed by atoms with E-state index in [0.717, 1.165) is 22.0 Å². The molecule has 0 fully saturated rings. The highest BCUT2D eigenvalue weighted by Crippen LogP contribution is 2.30. The highest BCUT2D eigenvalue weighted by Gasteiger charge is 2.19. The highest BCUT2D eigenvalue weighted by atomic mass is 35.5. The summed E-state index contributed by atoms with van der Waals surface area (Å²) < 4.78 is 14.2. The average Bonchev–Trinajstić information content (AvgIpc) is 2.68. The Morgan fingerprint density at radius 2 is 2.00 bits per heavy atom. The summed E-state index contributed by atoms with van der Waals surface area (Å²) in [6, 6.07) is 12.1. The molecule has 3 rings (SSSR count). The fourth-order valence-electron chi connectivity index (χ4n) is 2.33. The van der Waals surface area contributed by atoms with E-state index in [9.17, 15) is 4.39 Å². The van der Waals surface area contributed by atoms with Gasteiger partial charge in [-0.05, 0) is 36.1 Å². The van der Waals surface area contributed by atoms with Crippen molar-refractivity contribution in [2.45, 2.75) is 6.92 Å². The van der Waals surface area contributed by atoms with Crippen LogP contribution in [0.3, 0.4) is 0 Å². The van der Waals surface area contributed by atoms with Crippen LogP contribution < -0.4 is 0 Å². The second kappa shape index (κ2) is 6.63. The van der Waals surface area contributed by atoms with Gasteiger partial charge in [-0.3, -0.25) is 4.99 Å². The molecule has 2 nitrogen and oxygen atoms in total. The van der Waals surface area contributed by atoms with Crippen molar-refractivity contribution in [3.63, 3.8) is 0 Å². The third kappa shape index (κ3) is 3.08. The molecule has 1 aliphatic rings. The van der Waals surface area contributed by atoms with Gasteiger partial charge in [0.05, 0.1) is 23.0 Å². The Kier molecular flexibility index (Phi) is 4.60. The van der Waals surface area contributed by atoms with E-state index >= 15 is 0 Å². The summed E-state index contributed by atoms with van der Waals surface area (Å²) >= 11 is 7.77. The Morgan fingerprint density at radius 3 is 2.77 bits per heavy atom. The van der Waals surface area contributed by atoms with Crippen LogP contribution in [0, 0.1) is 5.82 Å². The predicted octanol–water partition coefficient (Wildman–Crippen LogP) is 5.11. The van der Waals surface area contributed by atoms with Gasteiger partial charge in [-0.25, -0.2) is 9.38 Å². The number of nitrogens with zero attached hydrogens (tertiary/aromatic N) is 2. The molecule has 1 aliphatic heterocycles. The van der Waals surface area contributed by atoms with Crippen LogP contribution in [0.2, 0.25) is 5.02 Å². The predicted molar refractivity (Wildman–Crippen MR) is 93.6 cm³/mol. The number of hydrogen-bond donors (Lipinski definition) is 0. The number of aliphatic imine (C=N–C) groups is 2. The molecule has 0 aliphatic carbocycles. The van der Waals surface area contributed by atoms with Crippen LogP contribution in [-0.4, -0.2) is 23.1 Å². The molecular weight excluding hydrogens is 319 g/mol. The first-order chi connectivity index (χ1) is 10.7. The van der Waals surface area contributed by atoms with Crippen LogP contribution in [0.15, 0.2) is 52.4 Å². The number of thioether (sulfide) groups is 1. The van der Waals surface area contributed by atoms with Crippen molar-refractivity contribution in [3.05, 3.63) is 64.4 Å². The van der Waals surface area contributed by atoms with Gasteiger partial charge in [-0.2, -0.15) is 0 Å². The van der Waals surface area contributed by atoms with Crippen molar-refractivity contribution in [1.29, 1.82) is 0 Å². The van der Waals surface area contributed by atoms with E-state index in [2.05, 4.69) is 16.9 Å². The molecule has 0 bridgehead atoms. The first-order valence-electron chi connectivity index (χ1n) is 6.98. The van der Waals surface area contributed by atoms with Gasteiger partial charge in [0.2, 0.25) is 0 Å². The number of fused-ring (bicyclic) bond motifs is 1. The summed E-state index contributed by atoms with van der Waals surface area (Å²) in [4.78, 5) is 9.26. The maximum Gasteiger partial charge on any atom is 0.132 e. The number of rotatable bonds is 2. The van der Waals surface area contributed by atoms with Crippen LogP contribution in [0.5, 0.6) is 0 Å². The molecule has 22 heavy (non-hydrogen) atoms. The summed E-state index contributed by atoms with van der Waals surface area (Å²) in [6.45, 7) is 2.52. The standard InChI is InChI=1S/C17H14ClFN2S/c1-2-22-16-10-20-17(12-5-3-4-6-14(12)19)13-9-11(18)7-8-15(13)21-16/h3-9H,2,10H2,1H3. The van der Waals surface area contributed by atoms with Crippen LogP contribution in [0.25, 0.3) is 0 Å². The highest BCUT2D eigenvalue weighted by molar-refractivity contribution is 8.14. The minimum atomic E-state index is -0.293. The molecule has 0 aromatic heterocycles. The lowest BCUT2D eigenvalue weighted by atomic mass is 10.0. The van der Waals surface area contributed by atoms with E-state index in [1.165, 1.54) is 6.07 Å². The summed E-state index contributed by atoms with van der Waals surface area (Å²) in [6.07, 6.45) is 0. The molecule has 2 aromatic carbocycles. The van der Waals surface area contributed by atoms with Gasteiger partial charge in [-0.1, -0.05) is 30.7 Å². The summed E-state index contributed by atoms with van der Waals surface area (Å²) in [5.41, 5.74) is 2.62. The third-order valence-corrected chi connectivity index (χ3v) is 4.35. The van der Waals surface area contributed by atoms with Crippen molar-refractivity contribution in [2.24, 2.45) is 9.98 Å². The Labute approximate surface area is 138 Å². The zero-order valence-electron chi connectivity index (χ0n) is 12.0. The smallest absolute Gasteiger partial charge is 0.132 e. The first-order valence-corrected chi connectivity index (χ1v) is 8.35. The quantitative estimate of drug-likeness (QED) is 0.749. The molecule has 0 N–H and O–H groups in total. The van der Waals surface area contributed by atoms with Crippen molar-refractivity contribution in [3.8, 4) is 0 Å². The Bertz CT molecular complexity index is 771. The maximum absolute atomic E-state index is 14.2. The van der Waals surface area contributed by atoms with Crippen molar-refractivity contribution < 1.29 is 4.39 Å². The molecule has 112 valence electrons. The van der Waals surface area contributed by atoms with Gasteiger partial charge in [0, 0.05) is 16.1 Å². The summed E-state index contributed by atoms with van der Waals surface area (Å²) in [7, 11) is 0. The number of halogens is 2. The molecule has 5 heteroatoms. The molecule has 0 spiro atoms. The van der Waals surface area contributed by atoms with Gasteiger partial charge >= 0.3 is 0 Å². The molecular formula is C17H14ClFN2S. The molecule has 0 amide bonds. The van der Waals surface area contributed by atoms with Crippen LogP contribution in [0.1, 0.15) is 18.1 Å². The minimum absolute atomic E-state index is 0.293. The second-order valence-electron chi connectivity index (χ2n) is 4.74. The fourth-order valence-corrected chi connectivity index (χ4v) is 3.15. The molecule has 2 aromatic rings. The Hall–Kier alpha value is -1.65. The number of hydrogen-bond acceptors (Lipinski definition) is 3. The Balaban J connectivity index is 2.17. The zero-order valence-corrected chi connectivity index (χ0v) is 13.6. The van der Waals surface area contributed by atoms with Gasteiger partial charge in [0.1, 0.15) is 5.82 Å². The van der Waals surface area contributed by atoms with E-state index < -0.39 is 0 Å². The second-order valence-corrected chi connectivity index (χ2v) is 6.52. The summed E-state index contributed by atoms with van der Waals surface area (Å²) in [5.74, 6) is 0.630. The fraction of sp³-hybridized carbons (Fsp3) is 0.176. The lowest BCUT2D eigenvalue weighted by molar-refractivity contribution is 0.625. The van der Waals surface area contributed by atoms with E-state index in [1.54, 1.807) is 42.1 Å². The molecule has 0 radical (unpaired) electrons. The largest absolute Gasteiger partial charge is 0.277 e. The maximum atomic E-state index is 14.2. The van der Waals surface area contributed by atoms with E-state index in [4.69, 9.17) is 11.6 Å². The average molecular weight is 333 g/mol. The molecule has 0 saturated heterocycles. The minimum Gasteiger partial charge on any atom is -0.277 e. The topological polar surface area (TPSA) is 24.7 Å². The van der Waals surface area contributed by atoms with Gasteiger partial charge in [0.25, 0.3) is 0 Å². The van der Waals surface area contributed by atoms with Crippen molar-refractivity contribution >= 4 is 39.8 Å². The zero-order chi connectivity index (χ0) is 15.5. The van der Waals surface area contributed by atoms with Crippen LogP contribution in [-0.2, 0) is 0 Å². The third-order valence-electron chi connectivity index (χ3n) is 3.27. The lowest BCUT2D eigenvalue weighted by Crippen LogP contribution is -2.07. The van der Waals surface area contributed by atoms with Crippen LogP contribution in [0.4, 0.5) is 10.1 Å². The number of benzene rings is 2. The summed E-state index contributed by atoms with van der Waals surface area (Å²) in [5, 5.41) is 1.52. The van der Waals surface area contributed by atoms with Crippen LogP contribution >= 0.6 is 23.4 Å². The molecule has 1 heterocycles. The van der Waals surface area contributed by atoms with Crippen molar-refractivity contribution in [2.75, 3.05) is 12.3 Å². The monoisotopic (exact) mass is 332 g/mol. The lowest BCUT2D eigenvalue weighted by Gasteiger charge is -2.09. The molecule has 0 saturated carbocycles. The van der Waals surface area contributed by atoms with Gasteiger partial charge in [0.15, 0.2) is 0 Å². The molecule has 0 unspecified atom stereocenters. The Morgan fingerprint density at radius 1 is 1.18 bits per heavy atom. The van der Waals surface area contributed by atoms with E-state index in [-0.39, 0.29) is 5.82 Å². The first kappa shape index (κ1) is 15.3. The SMILES string of the molecule is CCSC1=Nc2ccc(Cl)cc2C(c2ccccc2F)=NC1.